The van der Waals surface area contributed by atoms with E-state index in [1.54, 1.807) is 37.5 Å². The Kier molecular flexibility index (Phi) is 7.41. The van der Waals surface area contributed by atoms with Crippen LogP contribution in [0.1, 0.15) is 59.5 Å². The van der Waals surface area contributed by atoms with Crippen LogP contribution in [0.2, 0.25) is 0 Å². The summed E-state index contributed by atoms with van der Waals surface area (Å²) in [5.74, 6) is -0.337. The number of aromatic amines is 1. The number of sulfone groups is 1. The molecule has 3 aliphatic rings. The molecule has 1 atom stereocenters. The highest BCUT2D eigenvalue weighted by Gasteiger charge is 2.38. The molecule has 1 fully saturated rings. The molecule has 7 rings (SSSR count). The van der Waals surface area contributed by atoms with Gasteiger partial charge in [0.15, 0.2) is 15.7 Å². The van der Waals surface area contributed by atoms with Crippen LogP contribution in [0.15, 0.2) is 59.6 Å². The van der Waals surface area contributed by atoms with Gasteiger partial charge in [-0.2, -0.15) is 0 Å². The van der Waals surface area contributed by atoms with E-state index < -0.39 is 21.1 Å². The van der Waals surface area contributed by atoms with Gasteiger partial charge in [-0.15, -0.1) is 0 Å². The zero-order chi connectivity index (χ0) is 30.5. The van der Waals surface area contributed by atoms with Crippen molar-refractivity contribution in [3.8, 4) is 5.88 Å². The average molecular weight is 601 g/mol. The number of carbonyl (C=O) groups is 2. The molecule has 3 aromatic carbocycles. The van der Waals surface area contributed by atoms with Crippen molar-refractivity contribution in [3.05, 3.63) is 82.5 Å². The number of amides is 2. The Hall–Kier alpha value is -4.31. The van der Waals surface area contributed by atoms with E-state index in [0.717, 1.165) is 27.6 Å². The third-order valence-electron chi connectivity index (χ3n) is 8.51. The Balaban J connectivity index is 1.43. The van der Waals surface area contributed by atoms with E-state index in [-0.39, 0.29) is 29.1 Å². The van der Waals surface area contributed by atoms with E-state index in [2.05, 4.69) is 15.6 Å². The minimum absolute atomic E-state index is 0.0374. The number of fused-ring (bicyclic) bond motifs is 10. The van der Waals surface area contributed by atoms with Crippen LogP contribution in [0, 0.1) is 13.8 Å². The van der Waals surface area contributed by atoms with E-state index in [9.17, 15) is 23.1 Å². The summed E-state index contributed by atoms with van der Waals surface area (Å²) in [7, 11) is -1.90. The molecule has 0 radical (unpaired) electrons. The zero-order valence-corrected chi connectivity index (χ0v) is 25.3. The number of benzene rings is 3. The summed E-state index contributed by atoms with van der Waals surface area (Å²) in [6, 6.07) is 13.6. The Morgan fingerprint density at radius 3 is 2.44 bits per heavy atom. The van der Waals surface area contributed by atoms with Gasteiger partial charge in [-0.3, -0.25) is 9.59 Å². The molecule has 4 bridgehead atoms. The molecule has 43 heavy (non-hydrogen) atoms. The van der Waals surface area contributed by atoms with Crippen LogP contribution >= 0.6 is 0 Å². The Bertz CT molecular complexity index is 1840. The molecular formula is C33H36N4O5S. The van der Waals surface area contributed by atoms with Gasteiger partial charge in [0.25, 0.3) is 0 Å². The summed E-state index contributed by atoms with van der Waals surface area (Å²) in [6.07, 6.45) is 4.65. The second-order valence-electron chi connectivity index (χ2n) is 11.8. The van der Waals surface area contributed by atoms with Crippen molar-refractivity contribution in [2.75, 3.05) is 17.7 Å². The van der Waals surface area contributed by atoms with Gasteiger partial charge in [0.2, 0.25) is 11.8 Å². The zero-order valence-electron chi connectivity index (χ0n) is 24.5. The van der Waals surface area contributed by atoms with Gasteiger partial charge in [-0.05, 0) is 97.7 Å². The van der Waals surface area contributed by atoms with Gasteiger partial charge >= 0.3 is 0 Å². The molecule has 4 N–H and O–H groups in total. The summed E-state index contributed by atoms with van der Waals surface area (Å²) in [6.45, 7) is 4.07. The molecule has 0 spiro atoms. The highest BCUT2D eigenvalue weighted by atomic mass is 32.2. The summed E-state index contributed by atoms with van der Waals surface area (Å²) in [5.41, 5.74) is 5.63. The number of nitrogens with zero attached hydrogens (tertiary/aromatic N) is 1. The molecule has 1 aromatic heterocycles. The number of hydrogen-bond acceptors (Lipinski definition) is 6. The Morgan fingerprint density at radius 2 is 1.72 bits per heavy atom. The van der Waals surface area contributed by atoms with Crippen LogP contribution < -0.4 is 10.6 Å². The first-order chi connectivity index (χ1) is 20.5. The van der Waals surface area contributed by atoms with Crippen molar-refractivity contribution < 1.29 is 23.1 Å². The lowest BCUT2D eigenvalue weighted by Gasteiger charge is -2.28. The molecule has 4 aromatic rings. The number of H-pyrrole nitrogens is 1. The normalized spacial score (nSPS) is 18.2. The molecule has 1 aliphatic carbocycles. The molecule has 0 unspecified atom stereocenters. The van der Waals surface area contributed by atoms with Crippen LogP contribution in [-0.2, 0) is 32.4 Å². The van der Waals surface area contributed by atoms with Crippen molar-refractivity contribution >= 4 is 43.8 Å². The van der Waals surface area contributed by atoms with Crippen LogP contribution in [0.25, 0.3) is 10.8 Å². The first kappa shape index (κ1) is 28.8. The third-order valence-corrected chi connectivity index (χ3v) is 10.9. The maximum absolute atomic E-state index is 14.3. The monoisotopic (exact) mass is 600 g/mol. The summed E-state index contributed by atoms with van der Waals surface area (Å²) >= 11 is 0. The largest absolute Gasteiger partial charge is 0.494 e. The number of nitrogens with one attached hydrogen (secondary N) is 3. The first-order valence-corrected chi connectivity index (χ1v) is 16.1. The number of aromatic nitrogens is 1. The quantitative estimate of drug-likeness (QED) is 0.244. The summed E-state index contributed by atoms with van der Waals surface area (Å²) in [5, 5.41) is 17.7. The van der Waals surface area contributed by atoms with Gasteiger partial charge in [0.05, 0.1) is 10.1 Å². The van der Waals surface area contributed by atoms with Crippen LogP contribution in [0.4, 0.5) is 11.4 Å². The summed E-state index contributed by atoms with van der Waals surface area (Å²) in [4.78, 5) is 31.6. The highest BCUT2D eigenvalue weighted by Crippen LogP contribution is 2.37. The predicted molar refractivity (Wildman–Crippen MR) is 167 cm³/mol. The van der Waals surface area contributed by atoms with Crippen LogP contribution in [0.5, 0.6) is 5.88 Å². The molecule has 9 nitrogen and oxygen atoms in total. The lowest BCUT2D eigenvalue weighted by atomic mass is 9.92. The topological polar surface area (TPSA) is 132 Å². The maximum Gasteiger partial charge on any atom is 0.249 e. The van der Waals surface area contributed by atoms with Crippen molar-refractivity contribution in [1.82, 2.24) is 9.88 Å². The molecular weight excluding hydrogens is 564 g/mol. The average Bonchev–Trinajstić information content (AvgIpc) is 3.76. The number of likely N-dealkylation sites (N-methyl/N-ethyl adjacent to an activating group) is 1. The fourth-order valence-electron chi connectivity index (χ4n) is 6.06. The van der Waals surface area contributed by atoms with E-state index >= 15 is 0 Å². The first-order valence-electron chi connectivity index (χ1n) is 14.6. The van der Waals surface area contributed by atoms with Crippen molar-refractivity contribution in [3.63, 3.8) is 0 Å². The molecule has 2 aliphatic heterocycles. The Labute approximate surface area is 251 Å². The standard InChI is InChI=1S/C33H36N4O5S/c1-19-13-22-14-20(2)27(19)5-4-6-30(38)35-24-9-12-29(43(41,42)26-10-11-26)23(15-24)18-37(3)33(40)31(22)36-25-8-7-21-17-34-32(39)28(21)16-25/h7-9,12-17,26,31,34,36,39H,4-6,10-11,18H2,1-3H3,(H,35,38)/t31-/m1/s1. The number of anilines is 2. The molecule has 1 saturated carbocycles. The fourth-order valence-corrected chi connectivity index (χ4v) is 7.92. The molecule has 224 valence electrons. The predicted octanol–water partition coefficient (Wildman–Crippen LogP) is 5.51. The number of aryl methyl sites for hydroxylation is 2. The van der Waals surface area contributed by atoms with E-state index in [4.69, 9.17) is 0 Å². The van der Waals surface area contributed by atoms with Gasteiger partial charge in [-0.1, -0.05) is 18.2 Å². The van der Waals surface area contributed by atoms with Crippen molar-refractivity contribution in [2.45, 2.75) is 68.7 Å². The van der Waals surface area contributed by atoms with Crippen molar-refractivity contribution in [1.29, 1.82) is 0 Å². The molecule has 10 heteroatoms. The lowest BCUT2D eigenvalue weighted by molar-refractivity contribution is -0.131. The van der Waals surface area contributed by atoms with Gasteiger partial charge in [0.1, 0.15) is 6.04 Å². The molecule has 3 heterocycles. The number of hydrogen-bond donors (Lipinski definition) is 4. The number of aromatic hydroxyl groups is 1. The summed E-state index contributed by atoms with van der Waals surface area (Å²) < 4.78 is 26.7. The minimum atomic E-state index is -3.56. The number of carbonyl (C=O) groups excluding carboxylic acids is 2. The third kappa shape index (κ3) is 5.71. The van der Waals surface area contributed by atoms with E-state index in [1.807, 2.05) is 38.1 Å². The van der Waals surface area contributed by atoms with E-state index in [1.165, 1.54) is 4.90 Å². The van der Waals surface area contributed by atoms with Gasteiger partial charge in [-0.25, -0.2) is 8.42 Å². The molecule has 0 saturated heterocycles. The van der Waals surface area contributed by atoms with Gasteiger partial charge in [0, 0.05) is 48.4 Å². The maximum atomic E-state index is 14.3. The fraction of sp³-hybridized carbons (Fsp3) is 0.333. The van der Waals surface area contributed by atoms with Gasteiger partial charge < -0.3 is 25.6 Å². The Morgan fingerprint density at radius 1 is 0.977 bits per heavy atom. The van der Waals surface area contributed by atoms with E-state index in [0.29, 0.717) is 54.4 Å². The SMILES string of the molecule is Cc1cc2cc(C)c1CCCC(=O)Nc1ccc(S(=O)(=O)C3CC3)c(c1)CN(C)C(=O)[C@@H]2Nc1ccc2c[nH]c(O)c2c1. The van der Waals surface area contributed by atoms with Crippen molar-refractivity contribution in [2.24, 2.45) is 0 Å². The van der Waals surface area contributed by atoms with Crippen LogP contribution in [0.3, 0.4) is 0 Å². The smallest absolute Gasteiger partial charge is 0.249 e. The second kappa shape index (κ2) is 11.1. The highest BCUT2D eigenvalue weighted by molar-refractivity contribution is 7.92. The van der Waals surface area contributed by atoms with Crippen LogP contribution in [-0.4, -0.2) is 47.5 Å². The molecule has 2 amide bonds. The number of rotatable bonds is 4. The lowest BCUT2D eigenvalue weighted by Crippen LogP contribution is -2.35. The minimum Gasteiger partial charge on any atom is -0.494 e. The second-order valence-corrected chi connectivity index (χ2v) is 14.0.